The number of amides is 1. The second kappa shape index (κ2) is 7.72. The predicted molar refractivity (Wildman–Crippen MR) is 75.6 cm³/mol. The highest BCUT2D eigenvalue weighted by molar-refractivity contribution is 5.89. The zero-order valence-corrected chi connectivity index (χ0v) is 12.2. The second-order valence-corrected chi connectivity index (χ2v) is 4.95. The second-order valence-electron chi connectivity index (χ2n) is 4.95. The van der Waals surface area contributed by atoms with E-state index in [0.717, 1.165) is 19.6 Å². The molecule has 1 aromatic rings. The number of anilines is 1. The van der Waals surface area contributed by atoms with Gasteiger partial charge in [-0.3, -0.25) is 9.59 Å². The molecule has 0 radical (unpaired) electrons. The van der Waals surface area contributed by atoms with Crippen LogP contribution in [0.25, 0.3) is 0 Å². The van der Waals surface area contributed by atoms with E-state index in [1.54, 1.807) is 6.92 Å². The van der Waals surface area contributed by atoms with E-state index in [-0.39, 0.29) is 18.4 Å². The molecule has 1 saturated heterocycles. The Morgan fingerprint density at radius 2 is 2.14 bits per heavy atom. The Balaban J connectivity index is 1.73. The van der Waals surface area contributed by atoms with Gasteiger partial charge < -0.3 is 15.0 Å². The van der Waals surface area contributed by atoms with Gasteiger partial charge in [-0.2, -0.15) is 0 Å². The Kier molecular flexibility index (Phi) is 5.68. The number of carbonyl (C=O) groups excluding carboxylic acids is 2. The van der Waals surface area contributed by atoms with Gasteiger partial charge in [-0.25, -0.2) is 4.68 Å². The maximum absolute atomic E-state index is 11.8. The third-order valence-corrected chi connectivity index (χ3v) is 3.26. The minimum absolute atomic E-state index is 0.00944. The van der Waals surface area contributed by atoms with E-state index in [4.69, 9.17) is 4.74 Å². The average Bonchev–Trinajstić information content (AvgIpc) is 3.08. The molecule has 0 aromatic carbocycles. The molecule has 0 saturated carbocycles. The molecule has 2 rings (SSSR count). The predicted octanol–water partition coefficient (Wildman–Crippen LogP) is 0.266. The van der Waals surface area contributed by atoms with Crippen molar-refractivity contribution in [3.8, 4) is 0 Å². The molecule has 1 aromatic heterocycles. The monoisotopic (exact) mass is 295 g/mol. The van der Waals surface area contributed by atoms with Crippen molar-refractivity contribution in [2.75, 3.05) is 31.6 Å². The van der Waals surface area contributed by atoms with Crippen LogP contribution in [0.2, 0.25) is 0 Å². The van der Waals surface area contributed by atoms with Crippen LogP contribution in [0.1, 0.15) is 26.2 Å². The Morgan fingerprint density at radius 1 is 1.38 bits per heavy atom. The molecule has 1 N–H and O–H groups in total. The van der Waals surface area contributed by atoms with E-state index in [0.29, 0.717) is 18.8 Å². The van der Waals surface area contributed by atoms with Crippen LogP contribution in [0.5, 0.6) is 0 Å². The smallest absolute Gasteiger partial charge is 0.327 e. The summed E-state index contributed by atoms with van der Waals surface area (Å²) in [5, 5.41) is 10.3. The molecule has 1 amide bonds. The van der Waals surface area contributed by atoms with Gasteiger partial charge in [0.15, 0.2) is 5.82 Å². The lowest BCUT2D eigenvalue weighted by Gasteiger charge is -2.13. The number of nitrogens with zero attached hydrogens (tertiary/aromatic N) is 4. The van der Waals surface area contributed by atoms with Crippen molar-refractivity contribution in [1.82, 2.24) is 19.9 Å². The summed E-state index contributed by atoms with van der Waals surface area (Å²) in [6.07, 6.45) is 4.38. The van der Waals surface area contributed by atoms with Crippen LogP contribution >= 0.6 is 0 Å². The maximum atomic E-state index is 11.8. The number of aromatic nitrogens is 3. The zero-order valence-electron chi connectivity index (χ0n) is 12.2. The van der Waals surface area contributed by atoms with Crippen molar-refractivity contribution in [2.45, 2.75) is 32.7 Å². The van der Waals surface area contributed by atoms with Gasteiger partial charge in [0.1, 0.15) is 6.54 Å². The molecule has 0 aliphatic carbocycles. The first-order valence-electron chi connectivity index (χ1n) is 7.25. The van der Waals surface area contributed by atoms with Gasteiger partial charge >= 0.3 is 5.97 Å². The van der Waals surface area contributed by atoms with Crippen LogP contribution in [-0.2, 0) is 20.9 Å². The van der Waals surface area contributed by atoms with Gasteiger partial charge in [-0.05, 0) is 32.9 Å². The summed E-state index contributed by atoms with van der Waals surface area (Å²) >= 11 is 0. The third-order valence-electron chi connectivity index (χ3n) is 3.26. The van der Waals surface area contributed by atoms with Gasteiger partial charge in [0.25, 0.3) is 0 Å². The summed E-state index contributed by atoms with van der Waals surface area (Å²) in [6, 6.07) is 0. The number of rotatable bonds is 7. The minimum Gasteiger partial charge on any atom is -0.465 e. The lowest BCUT2D eigenvalue weighted by atomic mass is 10.3. The minimum atomic E-state index is -0.380. The summed E-state index contributed by atoms with van der Waals surface area (Å²) in [7, 11) is 0. The largest absolute Gasteiger partial charge is 0.465 e. The summed E-state index contributed by atoms with van der Waals surface area (Å²) in [5.41, 5.74) is 0. The fraction of sp³-hybridized carbons (Fsp3) is 0.692. The molecule has 1 aliphatic rings. The van der Waals surface area contributed by atoms with Crippen LogP contribution in [0.4, 0.5) is 5.82 Å². The molecule has 1 fully saturated rings. The molecule has 0 atom stereocenters. The standard InChI is InChI=1S/C13H21N5O3/c1-2-21-13(20)10-18-9-11(15-16-18)14-12(19)5-8-17-6-3-4-7-17/h9H,2-8,10H2,1H3,(H,14,19). The van der Waals surface area contributed by atoms with Crippen LogP contribution in [0.3, 0.4) is 0 Å². The third kappa shape index (κ3) is 5.14. The molecule has 21 heavy (non-hydrogen) atoms. The number of hydrogen-bond donors (Lipinski definition) is 1. The van der Waals surface area contributed by atoms with E-state index in [2.05, 4.69) is 20.5 Å². The van der Waals surface area contributed by atoms with E-state index in [1.807, 2.05) is 0 Å². The highest BCUT2D eigenvalue weighted by atomic mass is 16.5. The SMILES string of the molecule is CCOC(=O)Cn1cc(NC(=O)CCN2CCCC2)nn1. The molecule has 0 unspecified atom stereocenters. The van der Waals surface area contributed by atoms with Crippen molar-refractivity contribution in [1.29, 1.82) is 0 Å². The van der Waals surface area contributed by atoms with Crippen LogP contribution in [-0.4, -0.2) is 58.0 Å². The fourth-order valence-corrected chi connectivity index (χ4v) is 2.24. The summed E-state index contributed by atoms with van der Waals surface area (Å²) in [6.45, 7) is 4.97. The molecule has 1 aliphatic heterocycles. The van der Waals surface area contributed by atoms with Gasteiger partial charge in [-0.15, -0.1) is 5.10 Å². The molecule has 0 spiro atoms. The van der Waals surface area contributed by atoms with Gasteiger partial charge in [0, 0.05) is 13.0 Å². The molecular weight excluding hydrogens is 274 g/mol. The Labute approximate surface area is 123 Å². The van der Waals surface area contributed by atoms with Crippen molar-refractivity contribution in [3.05, 3.63) is 6.20 Å². The van der Waals surface area contributed by atoms with Crippen molar-refractivity contribution in [3.63, 3.8) is 0 Å². The Morgan fingerprint density at radius 3 is 2.86 bits per heavy atom. The van der Waals surface area contributed by atoms with Crippen LogP contribution in [0, 0.1) is 0 Å². The first-order valence-corrected chi connectivity index (χ1v) is 7.25. The molecule has 2 heterocycles. The molecule has 8 nitrogen and oxygen atoms in total. The summed E-state index contributed by atoms with van der Waals surface area (Å²) in [5.74, 6) is -0.120. The lowest BCUT2D eigenvalue weighted by Crippen LogP contribution is -2.25. The number of carbonyl (C=O) groups is 2. The molecular formula is C13H21N5O3. The first kappa shape index (κ1) is 15.4. The highest BCUT2D eigenvalue weighted by Crippen LogP contribution is 2.08. The number of hydrogen-bond acceptors (Lipinski definition) is 6. The summed E-state index contributed by atoms with van der Waals surface area (Å²) in [4.78, 5) is 25.4. The molecule has 0 bridgehead atoms. The fourth-order valence-electron chi connectivity index (χ4n) is 2.24. The zero-order chi connectivity index (χ0) is 15.1. The van der Waals surface area contributed by atoms with Crippen molar-refractivity contribution < 1.29 is 14.3 Å². The van der Waals surface area contributed by atoms with Crippen LogP contribution in [0.15, 0.2) is 6.20 Å². The number of nitrogens with one attached hydrogen (secondary N) is 1. The maximum Gasteiger partial charge on any atom is 0.327 e. The summed E-state index contributed by atoms with van der Waals surface area (Å²) < 4.78 is 6.15. The van der Waals surface area contributed by atoms with Gasteiger partial charge in [0.2, 0.25) is 5.91 Å². The Bertz CT molecular complexity index is 482. The van der Waals surface area contributed by atoms with E-state index < -0.39 is 0 Å². The van der Waals surface area contributed by atoms with Gasteiger partial charge in [0.05, 0.1) is 12.8 Å². The average molecular weight is 295 g/mol. The normalized spacial score (nSPS) is 15.1. The Hall–Kier alpha value is -1.96. The number of ether oxygens (including phenoxy) is 1. The molecule has 116 valence electrons. The van der Waals surface area contributed by atoms with E-state index in [9.17, 15) is 9.59 Å². The van der Waals surface area contributed by atoms with Crippen molar-refractivity contribution >= 4 is 17.7 Å². The van der Waals surface area contributed by atoms with E-state index >= 15 is 0 Å². The molecule has 8 heteroatoms. The van der Waals surface area contributed by atoms with Crippen molar-refractivity contribution in [2.24, 2.45) is 0 Å². The van der Waals surface area contributed by atoms with E-state index in [1.165, 1.54) is 23.7 Å². The van der Waals surface area contributed by atoms with Crippen LogP contribution < -0.4 is 5.32 Å². The quantitative estimate of drug-likeness (QED) is 0.726. The highest BCUT2D eigenvalue weighted by Gasteiger charge is 2.14. The number of esters is 1. The first-order chi connectivity index (χ1) is 10.2. The lowest BCUT2D eigenvalue weighted by molar-refractivity contribution is -0.144. The van der Waals surface area contributed by atoms with Gasteiger partial charge in [-0.1, -0.05) is 5.21 Å². The number of likely N-dealkylation sites (tertiary alicyclic amines) is 1. The topological polar surface area (TPSA) is 89.4 Å².